The van der Waals surface area contributed by atoms with Crippen LogP contribution in [-0.4, -0.2) is 19.5 Å². The van der Waals surface area contributed by atoms with Crippen LogP contribution in [0.2, 0.25) is 0 Å². The summed E-state index contributed by atoms with van der Waals surface area (Å²) in [6.07, 6.45) is 3.01. The Bertz CT molecular complexity index is 4000. The van der Waals surface area contributed by atoms with E-state index in [4.69, 9.17) is 19.4 Å². The van der Waals surface area contributed by atoms with E-state index >= 15 is 0 Å². The fourth-order valence-electron chi connectivity index (χ4n) is 10.7. The second-order valence-corrected chi connectivity index (χ2v) is 17.0. The van der Waals surface area contributed by atoms with Crippen LogP contribution in [-0.2, 0) is 0 Å². The van der Waals surface area contributed by atoms with Crippen molar-refractivity contribution in [3.05, 3.63) is 217 Å². The first-order valence-corrected chi connectivity index (χ1v) is 22.0. The van der Waals surface area contributed by atoms with E-state index in [9.17, 15) is 0 Å². The van der Waals surface area contributed by atoms with Crippen LogP contribution in [0, 0.1) is 0 Å². The van der Waals surface area contributed by atoms with Crippen molar-refractivity contribution in [2.45, 2.75) is 12.5 Å². The van der Waals surface area contributed by atoms with Crippen LogP contribution in [0.5, 0.6) is 0 Å². The van der Waals surface area contributed by atoms with Gasteiger partial charge in [-0.3, -0.25) is 0 Å². The zero-order valence-electron chi connectivity index (χ0n) is 34.5. The zero-order valence-corrected chi connectivity index (χ0v) is 34.5. The maximum absolute atomic E-state index is 7.05. The Hall–Kier alpha value is -8.41. The van der Waals surface area contributed by atoms with E-state index in [1.165, 1.54) is 43.4 Å². The van der Waals surface area contributed by atoms with E-state index in [0.717, 1.165) is 71.3 Å². The molecule has 0 bridgehead atoms. The van der Waals surface area contributed by atoms with Gasteiger partial charge in [-0.1, -0.05) is 164 Å². The van der Waals surface area contributed by atoms with Crippen LogP contribution in [0.25, 0.3) is 115 Å². The maximum Gasteiger partial charge on any atom is 0.167 e. The minimum atomic E-state index is -0.0550. The summed E-state index contributed by atoms with van der Waals surface area (Å²) in [6.45, 7) is 0. The molecular weight excluding hydrogens is 781 g/mol. The summed E-state index contributed by atoms with van der Waals surface area (Å²) in [6, 6.07) is 69.3. The number of furan rings is 1. The third kappa shape index (κ3) is 5.15. The molecule has 1 atom stereocenters. The Balaban J connectivity index is 1.05. The highest BCUT2D eigenvalue weighted by Gasteiger charge is 2.33. The number of rotatable bonds is 4. The van der Waals surface area contributed by atoms with E-state index in [-0.39, 0.29) is 6.04 Å². The van der Waals surface area contributed by atoms with Gasteiger partial charge in [0.25, 0.3) is 0 Å². The number of hydrogen-bond acceptors (Lipinski definition) is 4. The number of hydrogen-bond donors (Lipinski definition) is 0. The van der Waals surface area contributed by atoms with Gasteiger partial charge in [-0.05, 0) is 96.7 Å². The maximum atomic E-state index is 7.05. The molecule has 3 aromatic heterocycles. The molecule has 64 heavy (non-hydrogen) atoms. The van der Waals surface area contributed by atoms with Gasteiger partial charge in [-0.2, -0.15) is 0 Å². The second kappa shape index (κ2) is 13.5. The molecule has 298 valence electrons. The highest BCUT2D eigenvalue weighted by molar-refractivity contribution is 6.16. The number of nitrogens with zero attached hydrogens (tertiary/aromatic N) is 4. The molecule has 5 heteroatoms. The van der Waals surface area contributed by atoms with Crippen molar-refractivity contribution in [3.8, 4) is 22.8 Å². The number of fused-ring (bicyclic) bond motifs is 13. The Kier molecular flexibility index (Phi) is 7.45. The van der Waals surface area contributed by atoms with E-state index in [0.29, 0.717) is 23.9 Å². The predicted octanol–water partition coefficient (Wildman–Crippen LogP) is 15.3. The predicted molar refractivity (Wildman–Crippen MR) is 264 cm³/mol. The fourth-order valence-corrected chi connectivity index (χ4v) is 10.7. The molecule has 1 aliphatic rings. The van der Waals surface area contributed by atoms with Crippen LogP contribution >= 0.6 is 0 Å². The van der Waals surface area contributed by atoms with Gasteiger partial charge >= 0.3 is 0 Å². The van der Waals surface area contributed by atoms with E-state index in [2.05, 4.69) is 205 Å². The van der Waals surface area contributed by atoms with Crippen LogP contribution in [0.4, 0.5) is 0 Å². The first kappa shape index (κ1) is 35.2. The first-order chi connectivity index (χ1) is 31.7. The summed E-state index contributed by atoms with van der Waals surface area (Å²) in [4.78, 5) is 16.4. The van der Waals surface area contributed by atoms with Crippen molar-refractivity contribution in [3.63, 3.8) is 0 Å². The molecule has 0 N–H and O–H groups in total. The number of benzene rings is 10. The molecule has 13 aromatic rings. The summed E-state index contributed by atoms with van der Waals surface area (Å²) in [5, 5.41) is 15.2. The monoisotopic (exact) mass is 816 g/mol. The fraction of sp³-hybridized carbons (Fsp3) is 0.0339. The second-order valence-electron chi connectivity index (χ2n) is 17.0. The number of para-hydroxylation sites is 2. The molecule has 1 unspecified atom stereocenters. The molecule has 0 fully saturated rings. The molecule has 14 rings (SSSR count). The average Bonchev–Trinajstić information content (AvgIpc) is 3.91. The van der Waals surface area contributed by atoms with E-state index < -0.39 is 0 Å². The van der Waals surface area contributed by atoms with Crippen LogP contribution in [0.3, 0.4) is 0 Å². The standard InChI is InChI=1S/C59H36N4O/c1-2-16-36-34-53-48(31-35(36)15-1)45-25-11-13-27-51(45)63(53)52-30-29-47(56-55(52)46-26-12-14-28-54(46)64-56)57-60-58(49-32-37-17-3-5-19-39(37)41-21-7-9-23-43(41)49)62-59(61-57)50-33-38-18-4-6-20-40(38)42-22-8-10-24-44(42)50/h1-29,31-34,52H,30H2. The first-order valence-electron chi connectivity index (χ1n) is 22.0. The molecule has 0 spiro atoms. The summed E-state index contributed by atoms with van der Waals surface area (Å²) in [5.74, 6) is 2.61. The number of aromatic nitrogens is 4. The molecule has 0 aliphatic heterocycles. The smallest absolute Gasteiger partial charge is 0.167 e. The molecule has 0 saturated heterocycles. The summed E-state index contributed by atoms with van der Waals surface area (Å²) in [7, 11) is 0. The highest BCUT2D eigenvalue weighted by Crippen LogP contribution is 2.48. The van der Waals surface area contributed by atoms with Crippen LogP contribution < -0.4 is 0 Å². The summed E-state index contributed by atoms with van der Waals surface area (Å²) < 4.78 is 9.58. The van der Waals surface area contributed by atoms with E-state index in [1.807, 2.05) is 0 Å². The SMILES string of the molecule is C1=C(c2nc(-c3cc4ccccc4c4ccccc34)nc(-c3cc4ccccc4c4ccccc34)n2)c2oc3ccccc3c2C(n2c3ccccc3c3cc4ccccc4cc32)C1. The van der Waals surface area contributed by atoms with Crippen LogP contribution in [0.15, 0.2) is 205 Å². The Labute approximate surface area is 367 Å². The topological polar surface area (TPSA) is 56.7 Å². The van der Waals surface area contributed by atoms with Gasteiger partial charge in [0.05, 0.1) is 17.1 Å². The molecule has 5 nitrogen and oxygen atoms in total. The summed E-state index contributed by atoms with van der Waals surface area (Å²) in [5.41, 5.74) is 7.17. The lowest BCUT2D eigenvalue weighted by atomic mass is 9.90. The van der Waals surface area contributed by atoms with Crippen LogP contribution in [0.1, 0.15) is 29.6 Å². The molecule has 0 radical (unpaired) electrons. The lowest BCUT2D eigenvalue weighted by molar-refractivity contribution is 0.556. The molecule has 0 saturated carbocycles. The molecular formula is C59H36N4O. The zero-order chi connectivity index (χ0) is 41.9. The lowest BCUT2D eigenvalue weighted by Gasteiger charge is -2.25. The molecule has 1 aliphatic carbocycles. The summed E-state index contributed by atoms with van der Waals surface area (Å²) >= 11 is 0. The molecule has 3 heterocycles. The molecule has 0 amide bonds. The average molecular weight is 817 g/mol. The third-order valence-electron chi connectivity index (χ3n) is 13.5. The van der Waals surface area contributed by atoms with Gasteiger partial charge in [0, 0.05) is 38.4 Å². The Morgan fingerprint density at radius 3 is 1.52 bits per heavy atom. The van der Waals surface area contributed by atoms with Crippen molar-refractivity contribution in [1.29, 1.82) is 0 Å². The Morgan fingerprint density at radius 2 is 0.875 bits per heavy atom. The highest BCUT2D eigenvalue weighted by atomic mass is 16.3. The van der Waals surface area contributed by atoms with Gasteiger partial charge in [0.1, 0.15) is 11.3 Å². The minimum absolute atomic E-state index is 0.0550. The van der Waals surface area contributed by atoms with Crippen molar-refractivity contribution in [1.82, 2.24) is 19.5 Å². The van der Waals surface area contributed by atoms with Gasteiger partial charge in [-0.15, -0.1) is 0 Å². The van der Waals surface area contributed by atoms with Gasteiger partial charge in [0.2, 0.25) is 0 Å². The van der Waals surface area contributed by atoms with Crippen molar-refractivity contribution in [2.75, 3.05) is 0 Å². The Morgan fingerprint density at radius 1 is 0.391 bits per heavy atom. The van der Waals surface area contributed by atoms with Gasteiger partial charge in [0.15, 0.2) is 17.5 Å². The van der Waals surface area contributed by atoms with E-state index in [1.54, 1.807) is 0 Å². The molecule has 10 aromatic carbocycles. The quantitative estimate of drug-likeness (QED) is 0.166. The van der Waals surface area contributed by atoms with Crippen molar-refractivity contribution >= 4 is 92.2 Å². The largest absolute Gasteiger partial charge is 0.456 e. The van der Waals surface area contributed by atoms with Gasteiger partial charge < -0.3 is 8.98 Å². The van der Waals surface area contributed by atoms with Crippen molar-refractivity contribution in [2.24, 2.45) is 0 Å². The lowest BCUT2D eigenvalue weighted by Crippen LogP contribution is -2.15. The normalized spacial score (nSPS) is 14.1. The van der Waals surface area contributed by atoms with Crippen molar-refractivity contribution < 1.29 is 4.42 Å². The number of allylic oxidation sites excluding steroid dienone is 1. The minimum Gasteiger partial charge on any atom is -0.456 e. The van der Waals surface area contributed by atoms with Gasteiger partial charge in [-0.25, -0.2) is 15.0 Å². The third-order valence-corrected chi connectivity index (χ3v) is 13.5.